The van der Waals surface area contributed by atoms with E-state index in [1.54, 1.807) is 0 Å². The highest BCUT2D eigenvalue weighted by Gasteiger charge is 2.71. The first kappa shape index (κ1) is 22.4. The zero-order valence-electron chi connectivity index (χ0n) is 20.2. The molecule has 0 unspecified atom stereocenters. The molecule has 1 atom stereocenters. The number of amidine groups is 1. The molecule has 0 aromatic heterocycles. The molecule has 4 heteroatoms. The van der Waals surface area contributed by atoms with E-state index in [-0.39, 0.29) is 16.1 Å². The van der Waals surface area contributed by atoms with Gasteiger partial charge in [0.05, 0.1) is 21.7 Å². The fourth-order valence-electron chi connectivity index (χ4n) is 5.36. The summed E-state index contributed by atoms with van der Waals surface area (Å²) in [6, 6.07) is 10.8. The Morgan fingerprint density at radius 2 is 1.31 bits per heavy atom. The van der Waals surface area contributed by atoms with Gasteiger partial charge in [-0.2, -0.15) is 0 Å². The Bertz CT molecular complexity index is 917. The Labute approximate surface area is 184 Å². The standard InChI is InChI=1S/C25H38N2SSi/c1-17-18(2)20(4)25(11,19(17)3)29(28)26(23(5,6)7)22(27(29)24(8,9)10)21-15-13-12-14-16-21/h12-16H,1-11H3. The molecule has 158 valence electrons. The lowest BCUT2D eigenvalue weighted by Crippen LogP contribution is -2.85. The number of hydrogen-bond acceptors (Lipinski definition) is 2. The number of rotatable bonds is 2. The molecular formula is C25H38N2SSi. The quantitative estimate of drug-likeness (QED) is 0.405. The molecule has 0 bridgehead atoms. The van der Waals surface area contributed by atoms with Crippen molar-refractivity contribution in [3.63, 3.8) is 0 Å². The van der Waals surface area contributed by atoms with Crippen molar-refractivity contribution in [1.29, 1.82) is 0 Å². The van der Waals surface area contributed by atoms with Crippen LogP contribution in [0.15, 0.2) is 52.6 Å². The van der Waals surface area contributed by atoms with Gasteiger partial charge in [-0.1, -0.05) is 29.3 Å². The Morgan fingerprint density at radius 3 is 1.69 bits per heavy atom. The predicted octanol–water partition coefficient (Wildman–Crippen LogP) is 6.29. The zero-order valence-corrected chi connectivity index (χ0v) is 22.0. The van der Waals surface area contributed by atoms with Crippen molar-refractivity contribution in [2.45, 2.75) is 92.3 Å². The van der Waals surface area contributed by atoms with E-state index in [0.29, 0.717) is 0 Å². The van der Waals surface area contributed by atoms with E-state index in [9.17, 15) is 0 Å². The van der Waals surface area contributed by atoms with Gasteiger partial charge in [0.1, 0.15) is 0 Å². The largest absolute Gasteiger partial charge is 0.700 e. The lowest BCUT2D eigenvalue weighted by molar-refractivity contribution is -0.515. The van der Waals surface area contributed by atoms with Crippen LogP contribution < -0.4 is 0 Å². The summed E-state index contributed by atoms with van der Waals surface area (Å²) in [5.74, 6) is 1.30. The van der Waals surface area contributed by atoms with Crippen LogP contribution in [0, 0.1) is 0 Å². The summed E-state index contributed by atoms with van der Waals surface area (Å²) in [6.07, 6.45) is 0. The average molecular weight is 427 g/mol. The minimum absolute atomic E-state index is 0.0468. The van der Waals surface area contributed by atoms with Crippen molar-refractivity contribution in [3.05, 3.63) is 58.2 Å². The van der Waals surface area contributed by atoms with E-state index in [0.717, 1.165) is 0 Å². The van der Waals surface area contributed by atoms with Crippen LogP contribution in [0.4, 0.5) is 0 Å². The molecule has 1 aromatic carbocycles. The second-order valence-electron chi connectivity index (χ2n) is 10.9. The number of allylic oxidation sites excluding steroid dienone is 4. The van der Waals surface area contributed by atoms with Gasteiger partial charge in [0.15, 0.2) is 0 Å². The van der Waals surface area contributed by atoms with Gasteiger partial charge in [0.2, 0.25) is 0 Å². The first-order valence-electron chi connectivity index (χ1n) is 10.7. The molecule has 1 aromatic rings. The highest BCUT2D eigenvalue weighted by Crippen LogP contribution is 2.62. The van der Waals surface area contributed by atoms with E-state index in [1.165, 1.54) is 33.7 Å². The third kappa shape index (κ3) is 2.85. The zero-order chi connectivity index (χ0) is 22.2. The van der Waals surface area contributed by atoms with Crippen LogP contribution in [0.2, 0.25) is 5.04 Å². The second kappa shape index (κ2) is 6.62. The topological polar surface area (TPSA) is 6.25 Å². The molecule has 0 amide bonds. The second-order valence-corrected chi connectivity index (χ2v) is 15.8. The molecule has 0 saturated heterocycles. The molecule has 2 aliphatic rings. The Kier molecular flexibility index (Phi) is 5.12. The number of hydrogen-bond donors (Lipinski definition) is 0. The number of nitrogens with zero attached hydrogens (tertiary/aromatic N) is 2. The Hall–Kier alpha value is -1.26. The first-order valence-corrected chi connectivity index (χ1v) is 13.7. The maximum atomic E-state index is 6.88. The van der Waals surface area contributed by atoms with E-state index < -0.39 is 7.55 Å². The maximum absolute atomic E-state index is 6.88. The van der Waals surface area contributed by atoms with E-state index in [4.69, 9.17) is 12.1 Å². The summed E-state index contributed by atoms with van der Waals surface area (Å²) >= 11 is 6.88. The van der Waals surface area contributed by atoms with Crippen molar-refractivity contribution < 1.29 is 4.24 Å². The fraction of sp³-hybridized carbons (Fsp3) is 0.560. The van der Waals surface area contributed by atoms with Gasteiger partial charge in [0.25, 0.3) is 5.84 Å². The van der Waals surface area contributed by atoms with Gasteiger partial charge in [-0.3, -0.25) is 8.81 Å². The summed E-state index contributed by atoms with van der Waals surface area (Å²) in [5, 5.41) is -0.102. The van der Waals surface area contributed by atoms with E-state index in [1.807, 2.05) is 0 Å². The highest BCUT2D eigenvalue weighted by atomic mass is 32.3. The monoisotopic (exact) mass is 426 g/mol. The minimum atomic E-state index is -2.58. The molecule has 1 aliphatic heterocycles. The van der Waals surface area contributed by atoms with Gasteiger partial charge in [-0.25, -0.2) is 0 Å². The lowest BCUT2D eigenvalue weighted by atomic mass is 9.98. The summed E-state index contributed by atoms with van der Waals surface area (Å²) in [5.41, 5.74) is 6.96. The van der Waals surface area contributed by atoms with Crippen molar-refractivity contribution in [1.82, 2.24) is 4.57 Å². The third-order valence-electron chi connectivity index (χ3n) is 7.24. The van der Waals surface area contributed by atoms with Gasteiger partial charge >= 0.3 is 7.55 Å². The van der Waals surface area contributed by atoms with Gasteiger partial charge in [0, 0.05) is 0 Å². The smallest absolute Gasteiger partial charge is 0.347 e. The van der Waals surface area contributed by atoms with Crippen molar-refractivity contribution in [2.24, 2.45) is 0 Å². The summed E-state index contributed by atoms with van der Waals surface area (Å²) in [4.78, 5) is 0. The highest BCUT2D eigenvalue weighted by molar-refractivity contribution is 7.97. The van der Waals surface area contributed by atoms with Crippen LogP contribution in [0.3, 0.4) is 0 Å². The van der Waals surface area contributed by atoms with Crippen LogP contribution in [-0.2, 0) is 12.1 Å². The lowest BCUT2D eigenvalue weighted by Gasteiger charge is -2.65. The Balaban J connectivity index is 2.43. The Morgan fingerprint density at radius 1 is 0.862 bits per heavy atom. The molecule has 1 aliphatic carbocycles. The summed E-state index contributed by atoms with van der Waals surface area (Å²) < 4.78 is 5.30. The van der Waals surface area contributed by atoms with Crippen LogP contribution in [0.25, 0.3) is 0 Å². The van der Waals surface area contributed by atoms with Gasteiger partial charge < -0.3 is 12.1 Å². The van der Waals surface area contributed by atoms with Crippen LogP contribution in [0.5, 0.6) is 0 Å². The molecule has 0 fully saturated rings. The van der Waals surface area contributed by atoms with Gasteiger partial charge in [-0.05, 0) is 99.4 Å². The van der Waals surface area contributed by atoms with Gasteiger partial charge in [-0.15, -0.1) is 0 Å². The molecule has 3 rings (SSSR count). The molecule has 0 N–H and O–H groups in total. The predicted molar refractivity (Wildman–Crippen MR) is 130 cm³/mol. The van der Waals surface area contributed by atoms with Crippen LogP contribution >= 0.6 is 0 Å². The van der Waals surface area contributed by atoms with Crippen molar-refractivity contribution in [3.8, 4) is 0 Å². The molecule has 0 spiro atoms. The summed E-state index contributed by atoms with van der Waals surface area (Å²) in [7, 11) is -2.58. The van der Waals surface area contributed by atoms with Crippen LogP contribution in [0.1, 0.15) is 81.7 Å². The minimum Gasteiger partial charge on any atom is -0.700 e. The molecule has 1 heterocycles. The van der Waals surface area contributed by atoms with Crippen molar-refractivity contribution in [2.75, 3.05) is 0 Å². The normalized spacial score (nSPS) is 25.2. The van der Waals surface area contributed by atoms with Crippen LogP contribution in [-0.4, -0.2) is 33.3 Å². The average Bonchev–Trinajstić information content (AvgIpc) is 2.74. The molecule has 2 nitrogen and oxygen atoms in total. The molecule has 0 radical (unpaired) electrons. The van der Waals surface area contributed by atoms with Crippen molar-refractivity contribution >= 4 is 25.5 Å². The first-order chi connectivity index (χ1) is 13.1. The van der Waals surface area contributed by atoms with E-state index in [2.05, 4.69) is 115 Å². The molecule has 0 saturated carbocycles. The summed E-state index contributed by atoms with van der Waals surface area (Å²) in [6.45, 7) is 25.5. The molecular weight excluding hydrogens is 388 g/mol. The van der Waals surface area contributed by atoms with E-state index >= 15 is 0 Å². The molecule has 29 heavy (non-hydrogen) atoms. The SMILES string of the molecule is CC1=C(C)C(C)([Si@]2([S-])N(C(C)(C)C)C(c3ccccc3)=[N+]2C(C)(C)C)C(C)=C1C. The fourth-order valence-corrected chi connectivity index (χ4v) is 13.6. The number of benzene rings is 1. The third-order valence-corrected chi connectivity index (χ3v) is 14.6. The maximum Gasteiger partial charge on any atom is 0.347 e.